The Kier molecular flexibility index (Phi) is 6.32. The van der Waals surface area contributed by atoms with Gasteiger partial charge in [0.1, 0.15) is 5.52 Å². The van der Waals surface area contributed by atoms with Crippen LogP contribution in [0.3, 0.4) is 0 Å². The smallest absolute Gasteiger partial charge is 0.224 e. The topological polar surface area (TPSA) is 75.9 Å². The molecule has 34 heavy (non-hydrogen) atoms. The Hall–Kier alpha value is -3.26. The molecule has 1 saturated heterocycles. The molecular formula is C26H30N6OS. The quantitative estimate of drug-likeness (QED) is 0.449. The Morgan fingerprint density at radius 3 is 2.74 bits per heavy atom. The van der Waals surface area contributed by atoms with Crippen molar-refractivity contribution in [1.82, 2.24) is 25.3 Å². The Morgan fingerprint density at radius 1 is 1.15 bits per heavy atom. The summed E-state index contributed by atoms with van der Waals surface area (Å²) < 4.78 is 1.97. The summed E-state index contributed by atoms with van der Waals surface area (Å²) in [7, 11) is 0. The van der Waals surface area contributed by atoms with Gasteiger partial charge in [-0.3, -0.25) is 4.79 Å². The second-order valence-electron chi connectivity index (χ2n) is 9.07. The summed E-state index contributed by atoms with van der Waals surface area (Å²) in [4.78, 5) is 16.4. The van der Waals surface area contributed by atoms with E-state index < -0.39 is 0 Å². The number of hydrogen-bond acceptors (Lipinski definition) is 6. The minimum Gasteiger partial charge on any atom is -0.355 e. The Labute approximate surface area is 203 Å². The molecule has 1 unspecified atom stereocenters. The van der Waals surface area contributed by atoms with Crippen LogP contribution in [0.15, 0.2) is 41.8 Å². The van der Waals surface area contributed by atoms with Gasteiger partial charge in [-0.2, -0.15) is 10.2 Å². The van der Waals surface area contributed by atoms with Gasteiger partial charge in [0, 0.05) is 24.5 Å². The van der Waals surface area contributed by atoms with E-state index in [1.54, 1.807) is 11.3 Å². The van der Waals surface area contributed by atoms with Gasteiger partial charge in [0.25, 0.3) is 0 Å². The lowest BCUT2D eigenvalue weighted by Crippen LogP contribution is -2.44. The van der Waals surface area contributed by atoms with Crippen molar-refractivity contribution < 1.29 is 4.79 Å². The highest BCUT2D eigenvalue weighted by atomic mass is 32.1. The van der Waals surface area contributed by atoms with Gasteiger partial charge in [0.2, 0.25) is 5.91 Å². The predicted molar refractivity (Wildman–Crippen MR) is 137 cm³/mol. The largest absolute Gasteiger partial charge is 0.355 e. The van der Waals surface area contributed by atoms with E-state index in [0.717, 1.165) is 59.6 Å². The van der Waals surface area contributed by atoms with Crippen molar-refractivity contribution in [2.75, 3.05) is 24.5 Å². The molecule has 0 radical (unpaired) electrons. The Morgan fingerprint density at radius 2 is 1.97 bits per heavy atom. The van der Waals surface area contributed by atoms with Crippen LogP contribution >= 0.6 is 11.3 Å². The maximum Gasteiger partial charge on any atom is 0.224 e. The van der Waals surface area contributed by atoms with E-state index in [2.05, 4.69) is 70.0 Å². The third kappa shape index (κ3) is 4.42. The summed E-state index contributed by atoms with van der Waals surface area (Å²) >= 11 is 1.73. The monoisotopic (exact) mass is 474 g/mol. The average molecular weight is 475 g/mol. The Balaban J connectivity index is 1.37. The van der Waals surface area contributed by atoms with Gasteiger partial charge in [-0.15, -0.1) is 16.4 Å². The van der Waals surface area contributed by atoms with Crippen LogP contribution < -0.4 is 10.2 Å². The fraction of sp³-hybridized carbons (Fsp3) is 0.385. The molecule has 7 nitrogen and oxygen atoms in total. The van der Waals surface area contributed by atoms with E-state index in [0.29, 0.717) is 13.1 Å². The lowest BCUT2D eigenvalue weighted by Gasteiger charge is -2.32. The van der Waals surface area contributed by atoms with Crippen molar-refractivity contribution in [2.24, 2.45) is 5.92 Å². The van der Waals surface area contributed by atoms with Crippen molar-refractivity contribution >= 4 is 34.0 Å². The predicted octanol–water partition coefficient (Wildman–Crippen LogP) is 4.38. The van der Waals surface area contributed by atoms with Gasteiger partial charge in [0.15, 0.2) is 5.82 Å². The molecule has 0 saturated carbocycles. The molecule has 1 aromatic carbocycles. The van der Waals surface area contributed by atoms with Crippen LogP contribution in [0.5, 0.6) is 0 Å². The Bertz CT molecular complexity index is 1300. The highest BCUT2D eigenvalue weighted by molar-refractivity contribution is 7.09. The molecule has 1 atom stereocenters. The summed E-state index contributed by atoms with van der Waals surface area (Å²) in [5.74, 6) is 0.833. The fourth-order valence-corrected chi connectivity index (χ4v) is 5.46. The number of anilines is 1. The van der Waals surface area contributed by atoms with E-state index in [1.165, 1.54) is 10.4 Å². The third-order valence-electron chi connectivity index (χ3n) is 6.61. The number of carbonyl (C=O) groups excluding carboxylic acids is 1. The van der Waals surface area contributed by atoms with Crippen molar-refractivity contribution in [3.05, 3.63) is 63.6 Å². The van der Waals surface area contributed by atoms with E-state index in [-0.39, 0.29) is 11.8 Å². The second-order valence-corrected chi connectivity index (χ2v) is 10.1. The summed E-state index contributed by atoms with van der Waals surface area (Å²) in [5, 5.41) is 20.2. The summed E-state index contributed by atoms with van der Waals surface area (Å²) in [6.07, 6.45) is 2.71. The highest BCUT2D eigenvalue weighted by Crippen LogP contribution is 2.31. The number of hydrogen-bond donors (Lipinski definition) is 1. The molecule has 1 aliphatic rings. The van der Waals surface area contributed by atoms with E-state index >= 15 is 0 Å². The van der Waals surface area contributed by atoms with Crippen LogP contribution in [0, 0.1) is 26.7 Å². The zero-order valence-corrected chi connectivity index (χ0v) is 20.7. The SMILES string of the molecule is Cc1ccc(-n2nc3c(N4CCCC(C(=O)NCCc5cccs5)C4)nnc(C)c3c2C)cc1. The van der Waals surface area contributed by atoms with Crippen LogP contribution in [-0.4, -0.2) is 45.5 Å². The number of aromatic nitrogens is 4. The zero-order valence-electron chi connectivity index (χ0n) is 19.9. The number of nitrogens with zero attached hydrogens (tertiary/aromatic N) is 5. The van der Waals surface area contributed by atoms with Crippen molar-refractivity contribution in [2.45, 2.75) is 40.0 Å². The number of fused-ring (bicyclic) bond motifs is 1. The van der Waals surface area contributed by atoms with Gasteiger partial charge >= 0.3 is 0 Å². The first-order valence-electron chi connectivity index (χ1n) is 11.9. The van der Waals surface area contributed by atoms with Gasteiger partial charge < -0.3 is 10.2 Å². The molecule has 176 valence electrons. The van der Waals surface area contributed by atoms with Crippen LogP contribution in [-0.2, 0) is 11.2 Å². The molecule has 1 N–H and O–H groups in total. The molecular weight excluding hydrogens is 444 g/mol. The first-order valence-corrected chi connectivity index (χ1v) is 12.7. The number of thiophene rings is 1. The molecule has 3 aromatic heterocycles. The number of piperidine rings is 1. The zero-order chi connectivity index (χ0) is 23.7. The number of carbonyl (C=O) groups is 1. The van der Waals surface area contributed by atoms with Crippen molar-refractivity contribution in [1.29, 1.82) is 0 Å². The molecule has 8 heteroatoms. The van der Waals surface area contributed by atoms with E-state index in [4.69, 9.17) is 5.10 Å². The van der Waals surface area contributed by atoms with Gasteiger partial charge in [-0.1, -0.05) is 23.8 Å². The molecule has 1 fully saturated rings. The van der Waals surface area contributed by atoms with Crippen LogP contribution in [0.1, 0.15) is 34.7 Å². The minimum atomic E-state index is -0.0597. The first kappa shape index (κ1) is 22.5. The summed E-state index contributed by atoms with van der Waals surface area (Å²) in [6.45, 7) is 8.29. The maximum absolute atomic E-state index is 12.9. The number of rotatable bonds is 6. The molecule has 0 bridgehead atoms. The number of benzene rings is 1. The third-order valence-corrected chi connectivity index (χ3v) is 7.54. The maximum atomic E-state index is 12.9. The van der Waals surface area contributed by atoms with Gasteiger partial charge in [-0.25, -0.2) is 4.68 Å². The van der Waals surface area contributed by atoms with E-state index in [1.807, 2.05) is 17.7 Å². The first-order chi connectivity index (χ1) is 16.5. The molecule has 1 aliphatic heterocycles. The van der Waals surface area contributed by atoms with Crippen LogP contribution in [0.2, 0.25) is 0 Å². The van der Waals surface area contributed by atoms with Crippen molar-refractivity contribution in [3.8, 4) is 5.69 Å². The average Bonchev–Trinajstić information content (AvgIpc) is 3.48. The number of aryl methyl sites for hydroxylation is 3. The summed E-state index contributed by atoms with van der Waals surface area (Å²) in [6, 6.07) is 12.5. The standard InChI is InChI=1S/C26H30N6OS/c1-17-8-10-21(11-9-17)32-19(3)23-18(2)28-29-25(24(23)30-32)31-14-4-6-20(16-31)26(33)27-13-12-22-7-5-15-34-22/h5,7-11,15,20H,4,6,12-14,16H2,1-3H3,(H,27,33). The molecule has 4 aromatic rings. The van der Waals surface area contributed by atoms with Gasteiger partial charge in [0.05, 0.1) is 28.4 Å². The normalized spacial score (nSPS) is 16.2. The molecule has 4 heterocycles. The second kappa shape index (κ2) is 9.54. The van der Waals surface area contributed by atoms with Crippen molar-refractivity contribution in [3.63, 3.8) is 0 Å². The van der Waals surface area contributed by atoms with Gasteiger partial charge in [-0.05, 0) is 63.6 Å². The van der Waals surface area contributed by atoms with Crippen LogP contribution in [0.25, 0.3) is 16.6 Å². The number of amides is 1. The molecule has 0 spiro atoms. The minimum absolute atomic E-state index is 0.0597. The lowest BCUT2D eigenvalue weighted by molar-refractivity contribution is -0.125. The molecule has 0 aliphatic carbocycles. The lowest BCUT2D eigenvalue weighted by atomic mass is 9.97. The molecule has 5 rings (SSSR count). The molecule has 1 amide bonds. The summed E-state index contributed by atoms with van der Waals surface area (Å²) in [5.41, 5.74) is 5.00. The number of nitrogens with one attached hydrogen (secondary N) is 1. The van der Waals surface area contributed by atoms with E-state index in [9.17, 15) is 4.79 Å². The highest BCUT2D eigenvalue weighted by Gasteiger charge is 2.29. The fourth-order valence-electron chi connectivity index (χ4n) is 4.75. The van der Waals surface area contributed by atoms with Crippen LogP contribution in [0.4, 0.5) is 5.82 Å².